The van der Waals surface area contributed by atoms with E-state index in [0.717, 1.165) is 22.3 Å². The Morgan fingerprint density at radius 2 is 1.66 bits per heavy atom. The van der Waals surface area contributed by atoms with Crippen LogP contribution in [0.4, 0.5) is 10.5 Å². The molecule has 1 heterocycles. The van der Waals surface area contributed by atoms with E-state index >= 15 is 0 Å². The predicted molar refractivity (Wildman–Crippen MR) is 131 cm³/mol. The second kappa shape index (κ2) is 10.8. The topological polar surface area (TPSA) is 118 Å². The third-order valence-electron chi connectivity index (χ3n) is 6.03. The minimum absolute atomic E-state index is 0.0341. The maximum Gasteiger partial charge on any atom is 0.407 e. The number of aromatic nitrogens is 1. The molecule has 3 aromatic rings. The summed E-state index contributed by atoms with van der Waals surface area (Å²) in [5.74, 6) is -1.30. The molecule has 1 atom stereocenters. The van der Waals surface area contributed by atoms with Crippen LogP contribution in [0.15, 0.2) is 66.9 Å². The average Bonchev–Trinajstić information content (AvgIpc) is 3.17. The van der Waals surface area contributed by atoms with Crippen LogP contribution in [0, 0.1) is 0 Å². The number of anilines is 1. The summed E-state index contributed by atoms with van der Waals surface area (Å²) in [6, 6.07) is 19.0. The van der Waals surface area contributed by atoms with E-state index in [9.17, 15) is 14.4 Å². The summed E-state index contributed by atoms with van der Waals surface area (Å²) in [5, 5.41) is 14.3. The number of nitrogens with one attached hydrogen (secondary N) is 2. The molecule has 35 heavy (non-hydrogen) atoms. The second-order valence-corrected chi connectivity index (χ2v) is 8.44. The van der Waals surface area contributed by atoms with Crippen molar-refractivity contribution >= 4 is 23.7 Å². The molecule has 4 rings (SSSR count). The summed E-state index contributed by atoms with van der Waals surface area (Å²) >= 11 is 0. The smallest absolute Gasteiger partial charge is 0.407 e. The van der Waals surface area contributed by atoms with Gasteiger partial charge in [-0.25, -0.2) is 4.79 Å². The van der Waals surface area contributed by atoms with Crippen molar-refractivity contribution in [3.8, 4) is 11.1 Å². The molecule has 1 aliphatic rings. The fourth-order valence-corrected chi connectivity index (χ4v) is 4.30. The Morgan fingerprint density at radius 3 is 2.23 bits per heavy atom. The number of hydrogen-bond acceptors (Lipinski definition) is 5. The van der Waals surface area contributed by atoms with Crippen LogP contribution in [0.2, 0.25) is 0 Å². The summed E-state index contributed by atoms with van der Waals surface area (Å²) in [5.41, 5.74) is 5.45. The molecule has 0 spiro atoms. The normalized spacial score (nSPS) is 12.8. The Morgan fingerprint density at radius 1 is 1.00 bits per heavy atom. The summed E-state index contributed by atoms with van der Waals surface area (Å²) in [4.78, 5) is 39.8. The van der Waals surface area contributed by atoms with Gasteiger partial charge in [0.1, 0.15) is 6.61 Å². The first-order chi connectivity index (χ1) is 16.9. The number of ether oxygens (including phenoxy) is 1. The van der Waals surface area contributed by atoms with Crippen LogP contribution in [-0.2, 0) is 20.7 Å². The standard InChI is InChI=1S/C27H27N3O5/c1-2-17(13-25(31)29-19-12-11-18(28-15-19)14-26(32)33)30-27(34)35-16-24-22-9-5-3-7-20(22)21-8-4-6-10-23(21)24/h3-12,15,17,24H,2,13-14,16H2,1H3,(H,29,31)(H,30,34)(H,32,33)/t17-/m1/s1. The Hall–Kier alpha value is -4.20. The number of fused-ring (bicyclic) bond motifs is 3. The van der Waals surface area contributed by atoms with Crippen molar-refractivity contribution in [1.29, 1.82) is 0 Å². The van der Waals surface area contributed by atoms with E-state index in [1.165, 1.54) is 6.20 Å². The van der Waals surface area contributed by atoms with Crippen molar-refractivity contribution in [2.75, 3.05) is 11.9 Å². The van der Waals surface area contributed by atoms with E-state index in [0.29, 0.717) is 17.8 Å². The maximum absolute atomic E-state index is 12.5. The fraction of sp³-hybridized carbons (Fsp3) is 0.259. The number of carbonyl (C=O) groups excluding carboxylic acids is 2. The summed E-state index contributed by atoms with van der Waals surface area (Å²) in [6.45, 7) is 2.08. The molecule has 8 nitrogen and oxygen atoms in total. The second-order valence-electron chi connectivity index (χ2n) is 8.44. The van der Waals surface area contributed by atoms with Crippen molar-refractivity contribution in [2.24, 2.45) is 0 Å². The van der Waals surface area contributed by atoms with Gasteiger partial charge in [-0.15, -0.1) is 0 Å². The van der Waals surface area contributed by atoms with Crippen LogP contribution in [0.3, 0.4) is 0 Å². The lowest BCUT2D eigenvalue weighted by Crippen LogP contribution is -2.38. The lowest BCUT2D eigenvalue weighted by Gasteiger charge is -2.19. The number of carbonyl (C=O) groups is 3. The molecule has 2 aromatic carbocycles. The first-order valence-electron chi connectivity index (χ1n) is 11.5. The number of carboxylic acids is 1. The van der Waals surface area contributed by atoms with Crippen LogP contribution in [-0.4, -0.2) is 40.7 Å². The van der Waals surface area contributed by atoms with Gasteiger partial charge in [0, 0.05) is 18.4 Å². The molecule has 0 saturated carbocycles. The largest absolute Gasteiger partial charge is 0.481 e. The average molecular weight is 474 g/mol. The third-order valence-corrected chi connectivity index (χ3v) is 6.03. The van der Waals surface area contributed by atoms with Crippen molar-refractivity contribution in [3.63, 3.8) is 0 Å². The SMILES string of the molecule is CC[C@H](CC(=O)Nc1ccc(CC(=O)O)nc1)NC(=O)OCC1c2ccccc2-c2ccccc21. The number of pyridine rings is 1. The molecule has 0 saturated heterocycles. The van der Waals surface area contributed by atoms with E-state index < -0.39 is 18.1 Å². The minimum Gasteiger partial charge on any atom is -0.481 e. The Labute approximate surface area is 203 Å². The quantitative estimate of drug-likeness (QED) is 0.425. The van der Waals surface area contributed by atoms with Gasteiger partial charge in [-0.3, -0.25) is 14.6 Å². The predicted octanol–water partition coefficient (Wildman–Crippen LogP) is 4.35. The zero-order valence-corrected chi connectivity index (χ0v) is 19.4. The monoisotopic (exact) mass is 473 g/mol. The van der Waals surface area contributed by atoms with Gasteiger partial charge in [0.15, 0.2) is 0 Å². The highest BCUT2D eigenvalue weighted by Gasteiger charge is 2.29. The van der Waals surface area contributed by atoms with Crippen LogP contribution < -0.4 is 10.6 Å². The van der Waals surface area contributed by atoms with Gasteiger partial charge in [-0.1, -0.05) is 55.5 Å². The lowest BCUT2D eigenvalue weighted by molar-refractivity contribution is -0.136. The Balaban J connectivity index is 1.30. The van der Waals surface area contributed by atoms with Crippen LogP contribution in [0.1, 0.15) is 42.5 Å². The van der Waals surface area contributed by atoms with Gasteiger partial charge < -0.3 is 20.5 Å². The molecule has 1 aliphatic carbocycles. The lowest BCUT2D eigenvalue weighted by atomic mass is 9.98. The summed E-state index contributed by atoms with van der Waals surface area (Å²) < 4.78 is 5.58. The zero-order valence-electron chi connectivity index (χ0n) is 19.4. The van der Waals surface area contributed by atoms with Gasteiger partial charge >= 0.3 is 12.1 Å². The Bertz CT molecular complexity index is 1180. The number of carboxylic acid groups (broad SMARTS) is 1. The molecule has 1 aromatic heterocycles. The molecule has 0 fully saturated rings. The van der Waals surface area contributed by atoms with Gasteiger partial charge in [-0.05, 0) is 40.8 Å². The summed E-state index contributed by atoms with van der Waals surface area (Å²) in [6.07, 6.45) is 1.28. The number of nitrogens with zero attached hydrogens (tertiary/aromatic N) is 1. The first kappa shape index (κ1) is 23.9. The number of hydrogen-bond donors (Lipinski definition) is 3. The van der Waals surface area contributed by atoms with Gasteiger partial charge in [0.2, 0.25) is 5.91 Å². The fourth-order valence-electron chi connectivity index (χ4n) is 4.30. The van der Waals surface area contributed by atoms with Gasteiger partial charge in [0.05, 0.1) is 24.0 Å². The highest BCUT2D eigenvalue weighted by atomic mass is 16.5. The van der Waals surface area contributed by atoms with Crippen LogP contribution in [0.25, 0.3) is 11.1 Å². The first-order valence-corrected chi connectivity index (χ1v) is 11.5. The van der Waals surface area contributed by atoms with Crippen molar-refractivity contribution in [2.45, 2.75) is 38.1 Å². The van der Waals surface area contributed by atoms with E-state index in [1.54, 1.807) is 12.1 Å². The van der Waals surface area contributed by atoms with Crippen LogP contribution >= 0.6 is 0 Å². The number of aliphatic carboxylic acids is 1. The molecule has 0 bridgehead atoms. The maximum atomic E-state index is 12.5. The molecule has 0 unspecified atom stereocenters. The molecule has 2 amide bonds. The Kier molecular flexibility index (Phi) is 7.40. The molecule has 3 N–H and O–H groups in total. The van der Waals surface area contributed by atoms with Crippen molar-refractivity contribution < 1.29 is 24.2 Å². The molecule has 0 radical (unpaired) electrons. The molecule has 0 aliphatic heterocycles. The zero-order chi connectivity index (χ0) is 24.8. The highest BCUT2D eigenvalue weighted by Crippen LogP contribution is 2.44. The number of rotatable bonds is 9. The van der Waals surface area contributed by atoms with Gasteiger partial charge in [0.25, 0.3) is 0 Å². The van der Waals surface area contributed by atoms with E-state index in [4.69, 9.17) is 9.84 Å². The molecule has 8 heteroatoms. The number of amides is 2. The molecule has 180 valence electrons. The summed E-state index contributed by atoms with van der Waals surface area (Å²) in [7, 11) is 0. The van der Waals surface area contributed by atoms with Crippen molar-refractivity contribution in [3.05, 3.63) is 83.7 Å². The molecular weight excluding hydrogens is 446 g/mol. The van der Waals surface area contributed by atoms with Crippen LogP contribution in [0.5, 0.6) is 0 Å². The van der Waals surface area contributed by atoms with Crippen molar-refractivity contribution in [1.82, 2.24) is 10.3 Å². The van der Waals surface area contributed by atoms with E-state index in [-0.39, 0.29) is 31.3 Å². The number of benzene rings is 2. The third kappa shape index (κ3) is 5.84. The highest BCUT2D eigenvalue weighted by molar-refractivity contribution is 5.91. The number of alkyl carbamates (subject to hydrolysis) is 1. The van der Waals surface area contributed by atoms with Gasteiger partial charge in [-0.2, -0.15) is 0 Å². The minimum atomic E-state index is -0.973. The van der Waals surface area contributed by atoms with E-state index in [2.05, 4.69) is 39.9 Å². The molecular formula is C27H27N3O5. The van der Waals surface area contributed by atoms with E-state index in [1.807, 2.05) is 31.2 Å².